The lowest BCUT2D eigenvalue weighted by Crippen LogP contribution is -2.10. The largest absolute Gasteiger partial charge is 0.391 e. The zero-order valence-corrected chi connectivity index (χ0v) is 11.4. The summed E-state index contributed by atoms with van der Waals surface area (Å²) in [5.74, 6) is 0. The molecule has 0 heterocycles. The van der Waals surface area contributed by atoms with E-state index in [4.69, 9.17) is 10.2 Å². The van der Waals surface area contributed by atoms with E-state index in [2.05, 4.69) is 0 Å². The second kappa shape index (κ2) is 8.31. The first kappa shape index (κ1) is 17.5. The maximum absolute atomic E-state index is 8.52. The SMILES string of the molecule is CC(C)(C)O.CC(C)(C)O.c1ccccc1. The molecule has 0 amide bonds. The lowest BCUT2D eigenvalue weighted by atomic mass is 10.2. The van der Waals surface area contributed by atoms with Crippen molar-refractivity contribution in [1.82, 2.24) is 0 Å². The Hall–Kier alpha value is -0.860. The van der Waals surface area contributed by atoms with Crippen LogP contribution in [0, 0.1) is 0 Å². The fourth-order valence-electron chi connectivity index (χ4n) is 0.385. The Bertz CT molecular complexity index is 178. The maximum atomic E-state index is 8.52. The molecule has 2 heteroatoms. The molecule has 0 bridgehead atoms. The van der Waals surface area contributed by atoms with Crippen molar-refractivity contribution in [2.24, 2.45) is 0 Å². The Balaban J connectivity index is 0. The van der Waals surface area contributed by atoms with Gasteiger partial charge in [-0.3, -0.25) is 0 Å². The first-order chi connectivity index (χ1) is 7.00. The molecule has 0 radical (unpaired) electrons. The lowest BCUT2D eigenvalue weighted by Gasteiger charge is -2.04. The van der Waals surface area contributed by atoms with Crippen LogP contribution in [0.2, 0.25) is 0 Å². The molecular weight excluding hydrogens is 200 g/mol. The first-order valence-corrected chi connectivity index (χ1v) is 5.45. The highest BCUT2D eigenvalue weighted by Crippen LogP contribution is 1.93. The molecule has 2 N–H and O–H groups in total. The zero-order chi connectivity index (χ0) is 13.2. The van der Waals surface area contributed by atoms with Crippen molar-refractivity contribution < 1.29 is 10.2 Å². The number of hydrogen-bond acceptors (Lipinski definition) is 2. The Morgan fingerprint density at radius 1 is 0.500 bits per heavy atom. The van der Waals surface area contributed by atoms with E-state index < -0.39 is 11.2 Å². The van der Waals surface area contributed by atoms with E-state index in [0.717, 1.165) is 0 Å². The van der Waals surface area contributed by atoms with Gasteiger partial charge in [-0.15, -0.1) is 0 Å². The van der Waals surface area contributed by atoms with Gasteiger partial charge in [0.05, 0.1) is 11.2 Å². The number of hydrogen-bond donors (Lipinski definition) is 2. The van der Waals surface area contributed by atoms with Gasteiger partial charge in [0.2, 0.25) is 0 Å². The summed E-state index contributed by atoms with van der Waals surface area (Å²) in [7, 11) is 0. The van der Waals surface area contributed by atoms with Gasteiger partial charge >= 0.3 is 0 Å². The van der Waals surface area contributed by atoms with Gasteiger partial charge in [-0.05, 0) is 41.5 Å². The minimum Gasteiger partial charge on any atom is -0.391 e. The number of benzene rings is 1. The summed E-state index contributed by atoms with van der Waals surface area (Å²) in [6.07, 6.45) is 0. The molecule has 0 aliphatic heterocycles. The van der Waals surface area contributed by atoms with Crippen LogP contribution in [-0.2, 0) is 0 Å². The lowest BCUT2D eigenvalue weighted by molar-refractivity contribution is 0.101. The number of aliphatic hydroxyl groups is 2. The van der Waals surface area contributed by atoms with E-state index in [1.165, 1.54) is 0 Å². The molecule has 0 aliphatic carbocycles. The second-order valence-electron chi connectivity index (χ2n) is 5.50. The quantitative estimate of drug-likeness (QED) is 0.713. The van der Waals surface area contributed by atoms with Crippen molar-refractivity contribution in [2.45, 2.75) is 52.7 Å². The van der Waals surface area contributed by atoms with Gasteiger partial charge in [-0.1, -0.05) is 36.4 Å². The Kier molecular flexibility index (Phi) is 9.11. The smallest absolute Gasteiger partial charge is 0.0563 e. The maximum Gasteiger partial charge on any atom is 0.0563 e. The monoisotopic (exact) mass is 226 g/mol. The third-order valence-corrected chi connectivity index (χ3v) is 0.667. The minimum absolute atomic E-state index is 0.500. The van der Waals surface area contributed by atoms with E-state index in [0.29, 0.717) is 0 Å². The normalized spacial score (nSPS) is 10.5. The third-order valence-electron chi connectivity index (χ3n) is 0.667. The Morgan fingerprint density at radius 2 is 0.562 bits per heavy atom. The van der Waals surface area contributed by atoms with Crippen LogP contribution in [-0.4, -0.2) is 21.4 Å². The molecule has 0 fully saturated rings. The van der Waals surface area contributed by atoms with E-state index in [-0.39, 0.29) is 0 Å². The molecule has 0 aromatic heterocycles. The van der Waals surface area contributed by atoms with Gasteiger partial charge in [0.25, 0.3) is 0 Å². The first-order valence-electron chi connectivity index (χ1n) is 5.45. The topological polar surface area (TPSA) is 40.5 Å². The van der Waals surface area contributed by atoms with Crippen molar-refractivity contribution in [3.05, 3.63) is 36.4 Å². The van der Waals surface area contributed by atoms with Crippen LogP contribution in [0.1, 0.15) is 41.5 Å². The fourth-order valence-corrected chi connectivity index (χ4v) is 0.385. The van der Waals surface area contributed by atoms with Crippen molar-refractivity contribution in [2.75, 3.05) is 0 Å². The van der Waals surface area contributed by atoms with Gasteiger partial charge in [0, 0.05) is 0 Å². The van der Waals surface area contributed by atoms with Crippen LogP contribution in [0.3, 0.4) is 0 Å². The molecule has 0 saturated carbocycles. The third kappa shape index (κ3) is 73.3. The van der Waals surface area contributed by atoms with Gasteiger partial charge in [-0.2, -0.15) is 0 Å². The van der Waals surface area contributed by atoms with Gasteiger partial charge in [0.15, 0.2) is 0 Å². The molecule has 2 nitrogen and oxygen atoms in total. The predicted molar refractivity (Wildman–Crippen MR) is 70.4 cm³/mol. The minimum atomic E-state index is -0.500. The van der Waals surface area contributed by atoms with Crippen molar-refractivity contribution >= 4 is 0 Å². The van der Waals surface area contributed by atoms with E-state index in [1.54, 1.807) is 41.5 Å². The molecular formula is C14H26O2. The van der Waals surface area contributed by atoms with Crippen LogP contribution in [0.4, 0.5) is 0 Å². The number of rotatable bonds is 0. The van der Waals surface area contributed by atoms with Crippen LogP contribution >= 0.6 is 0 Å². The zero-order valence-electron chi connectivity index (χ0n) is 11.4. The molecule has 1 aromatic carbocycles. The second-order valence-corrected chi connectivity index (χ2v) is 5.50. The standard InChI is InChI=1S/C6H6.2C4H10O/c1-2-4-6-5-3-1;2*1-4(2,3)5/h1-6H;2*5H,1-3H3. The highest BCUT2D eigenvalue weighted by atomic mass is 16.3. The average Bonchev–Trinajstić information content (AvgIpc) is 2.01. The molecule has 94 valence electrons. The summed E-state index contributed by atoms with van der Waals surface area (Å²) in [5, 5.41) is 17.0. The van der Waals surface area contributed by atoms with Crippen LogP contribution in [0.15, 0.2) is 36.4 Å². The Labute approximate surface area is 100.0 Å². The summed E-state index contributed by atoms with van der Waals surface area (Å²) in [6.45, 7) is 10.5. The predicted octanol–water partition coefficient (Wildman–Crippen LogP) is 3.24. The van der Waals surface area contributed by atoms with E-state index in [1.807, 2.05) is 36.4 Å². The fraction of sp³-hybridized carbons (Fsp3) is 0.571. The van der Waals surface area contributed by atoms with E-state index >= 15 is 0 Å². The molecule has 16 heavy (non-hydrogen) atoms. The van der Waals surface area contributed by atoms with Crippen LogP contribution in [0.25, 0.3) is 0 Å². The van der Waals surface area contributed by atoms with Crippen LogP contribution < -0.4 is 0 Å². The Morgan fingerprint density at radius 3 is 0.625 bits per heavy atom. The summed E-state index contributed by atoms with van der Waals surface area (Å²) < 4.78 is 0. The molecule has 0 spiro atoms. The summed E-state index contributed by atoms with van der Waals surface area (Å²) in [4.78, 5) is 0. The van der Waals surface area contributed by atoms with Gasteiger partial charge in [0.1, 0.15) is 0 Å². The molecule has 1 aromatic rings. The average molecular weight is 226 g/mol. The molecule has 0 aliphatic rings. The summed E-state index contributed by atoms with van der Waals surface area (Å²) >= 11 is 0. The summed E-state index contributed by atoms with van der Waals surface area (Å²) in [6, 6.07) is 12.0. The van der Waals surface area contributed by atoms with Gasteiger partial charge in [-0.25, -0.2) is 0 Å². The molecule has 0 unspecified atom stereocenters. The molecule has 0 atom stereocenters. The van der Waals surface area contributed by atoms with Crippen molar-refractivity contribution in [1.29, 1.82) is 0 Å². The molecule has 0 saturated heterocycles. The summed E-state index contributed by atoms with van der Waals surface area (Å²) in [5.41, 5.74) is -1.00. The van der Waals surface area contributed by atoms with Gasteiger partial charge < -0.3 is 10.2 Å². The molecule has 1 rings (SSSR count). The highest BCUT2D eigenvalue weighted by Gasteiger charge is 1.98. The van der Waals surface area contributed by atoms with Crippen LogP contribution in [0.5, 0.6) is 0 Å². The van der Waals surface area contributed by atoms with Crippen molar-refractivity contribution in [3.63, 3.8) is 0 Å². The van der Waals surface area contributed by atoms with Crippen molar-refractivity contribution in [3.8, 4) is 0 Å². The highest BCUT2D eigenvalue weighted by molar-refractivity contribution is 4.99. The van der Waals surface area contributed by atoms with E-state index in [9.17, 15) is 0 Å².